The van der Waals surface area contributed by atoms with E-state index in [0.717, 1.165) is 63.1 Å². The molecule has 0 bridgehead atoms. The Kier molecular flexibility index (Phi) is 12.4. The summed E-state index contributed by atoms with van der Waals surface area (Å²) in [5, 5.41) is 7.07. The lowest BCUT2D eigenvalue weighted by atomic mass is 9.97. The van der Waals surface area contributed by atoms with E-state index in [1.165, 1.54) is 11.3 Å². The van der Waals surface area contributed by atoms with E-state index < -0.39 is 0 Å². The van der Waals surface area contributed by atoms with Crippen LogP contribution in [0.15, 0.2) is 87.7 Å². The van der Waals surface area contributed by atoms with Crippen LogP contribution in [0.2, 0.25) is 0 Å². The number of halogens is 1. The van der Waals surface area contributed by atoms with Gasteiger partial charge in [0.15, 0.2) is 0 Å². The number of nitrogens with one attached hydrogen (secondary N) is 2. The molecule has 1 saturated heterocycles. The van der Waals surface area contributed by atoms with Crippen LogP contribution >= 0.6 is 0 Å². The van der Waals surface area contributed by atoms with Crippen molar-refractivity contribution in [3.63, 3.8) is 0 Å². The van der Waals surface area contributed by atoms with Gasteiger partial charge >= 0.3 is 0 Å². The first-order valence-corrected chi connectivity index (χ1v) is 12.7. The number of rotatable bonds is 10. The molecule has 4 nitrogen and oxygen atoms in total. The fourth-order valence-corrected chi connectivity index (χ4v) is 3.84. The van der Waals surface area contributed by atoms with Crippen molar-refractivity contribution in [2.45, 2.75) is 60.3 Å². The van der Waals surface area contributed by atoms with E-state index in [1.54, 1.807) is 12.3 Å². The Bertz CT molecular complexity index is 904. The molecule has 1 aliphatic heterocycles. The van der Waals surface area contributed by atoms with Crippen LogP contribution in [-0.4, -0.2) is 43.3 Å². The van der Waals surface area contributed by atoms with Gasteiger partial charge in [0.25, 0.3) is 0 Å². The quantitative estimate of drug-likeness (QED) is 0.361. The zero-order chi connectivity index (χ0) is 24.8. The first kappa shape index (κ1) is 27.6. The third-order valence-corrected chi connectivity index (χ3v) is 5.98. The Labute approximate surface area is 206 Å². The highest BCUT2D eigenvalue weighted by molar-refractivity contribution is 6.13. The highest BCUT2D eigenvalue weighted by atomic mass is 19.1. The molecule has 2 aliphatic rings. The molecular weight excluding hydrogens is 423 g/mol. The first-order valence-electron chi connectivity index (χ1n) is 12.7. The largest absolute Gasteiger partial charge is 0.380 e. The molecule has 186 valence electrons. The maximum Gasteiger partial charge on any atom is 0.132 e. The Balaban J connectivity index is 2.28. The van der Waals surface area contributed by atoms with Crippen molar-refractivity contribution in [2.75, 3.05) is 32.7 Å². The Morgan fingerprint density at radius 2 is 2.00 bits per heavy atom. The molecule has 2 rings (SSSR count). The van der Waals surface area contributed by atoms with Gasteiger partial charge in [-0.15, -0.1) is 0 Å². The van der Waals surface area contributed by atoms with Crippen LogP contribution in [0.3, 0.4) is 0 Å². The van der Waals surface area contributed by atoms with Gasteiger partial charge in [-0.1, -0.05) is 50.1 Å². The Hall–Kier alpha value is -2.66. The zero-order valence-corrected chi connectivity index (χ0v) is 21.8. The van der Waals surface area contributed by atoms with E-state index >= 15 is 4.39 Å². The highest BCUT2D eigenvalue weighted by Gasteiger charge is 2.19. The van der Waals surface area contributed by atoms with Crippen LogP contribution in [-0.2, 0) is 0 Å². The SMILES string of the molecule is C\C=C/N=C1\C=C(CNC(=C/C)/C(=C\C=C(/C)CC)N2CCCNCC2)C=C(F)\C1=C/CCC. The second-order valence-corrected chi connectivity index (χ2v) is 8.68. The number of hydrogen-bond donors (Lipinski definition) is 2. The standard InChI is InChI=1S/C29H43FN4/c1-6-10-12-25-26(30)20-24(21-28(25)32-15-7-2)22-33-27(9-4)29(14-13-23(5)8-3)34-18-11-16-31-17-19-34/h7,9,12-15,20-21,31,33H,6,8,10-11,16-19,22H2,1-5H3/b15-7-,23-13+,25-12+,27-9+,29-14+,32-28+. The molecule has 1 heterocycles. The van der Waals surface area contributed by atoms with Crippen molar-refractivity contribution in [3.05, 3.63) is 82.7 Å². The van der Waals surface area contributed by atoms with Crippen LogP contribution in [0, 0.1) is 0 Å². The van der Waals surface area contributed by atoms with Crippen molar-refractivity contribution in [3.8, 4) is 0 Å². The monoisotopic (exact) mass is 466 g/mol. The molecule has 0 atom stereocenters. The predicted octanol–water partition coefficient (Wildman–Crippen LogP) is 6.51. The van der Waals surface area contributed by atoms with Gasteiger partial charge in [-0.05, 0) is 70.4 Å². The third-order valence-electron chi connectivity index (χ3n) is 5.98. The molecule has 34 heavy (non-hydrogen) atoms. The summed E-state index contributed by atoms with van der Waals surface area (Å²) in [5.74, 6) is -0.214. The minimum absolute atomic E-state index is 0.214. The van der Waals surface area contributed by atoms with Crippen LogP contribution in [0.1, 0.15) is 60.3 Å². The number of allylic oxidation sites excluding steroid dienone is 9. The Morgan fingerprint density at radius 3 is 2.71 bits per heavy atom. The van der Waals surface area contributed by atoms with Crippen molar-refractivity contribution in [2.24, 2.45) is 4.99 Å². The van der Waals surface area contributed by atoms with Gasteiger partial charge in [-0.25, -0.2) is 4.39 Å². The second kappa shape index (κ2) is 15.3. The summed E-state index contributed by atoms with van der Waals surface area (Å²) < 4.78 is 15.0. The molecular formula is C29H43FN4. The van der Waals surface area contributed by atoms with E-state index in [1.807, 2.05) is 25.2 Å². The van der Waals surface area contributed by atoms with E-state index in [-0.39, 0.29) is 5.83 Å². The summed E-state index contributed by atoms with van der Waals surface area (Å²) in [6.07, 6.45) is 19.7. The number of hydrogen-bond acceptors (Lipinski definition) is 4. The van der Waals surface area contributed by atoms with Gasteiger partial charge < -0.3 is 15.5 Å². The molecule has 0 saturated carbocycles. The molecule has 0 aromatic carbocycles. The van der Waals surface area contributed by atoms with Gasteiger partial charge in [0.2, 0.25) is 0 Å². The van der Waals surface area contributed by atoms with Crippen molar-refractivity contribution in [1.29, 1.82) is 0 Å². The summed E-state index contributed by atoms with van der Waals surface area (Å²) >= 11 is 0. The normalized spacial score (nSPS) is 21.2. The maximum atomic E-state index is 15.0. The molecule has 0 unspecified atom stereocenters. The molecule has 5 heteroatoms. The lowest BCUT2D eigenvalue weighted by Gasteiger charge is -2.28. The van der Waals surface area contributed by atoms with E-state index in [0.29, 0.717) is 17.8 Å². The summed E-state index contributed by atoms with van der Waals surface area (Å²) in [7, 11) is 0. The van der Waals surface area contributed by atoms with Crippen LogP contribution in [0.5, 0.6) is 0 Å². The third kappa shape index (κ3) is 8.60. The predicted molar refractivity (Wildman–Crippen MR) is 145 cm³/mol. The van der Waals surface area contributed by atoms with E-state index in [2.05, 4.69) is 66.4 Å². The smallest absolute Gasteiger partial charge is 0.132 e. The minimum atomic E-state index is -0.214. The first-order chi connectivity index (χ1) is 16.5. The van der Waals surface area contributed by atoms with Gasteiger partial charge in [0.1, 0.15) is 5.83 Å². The van der Waals surface area contributed by atoms with Gasteiger partial charge in [0, 0.05) is 38.0 Å². The number of nitrogens with zero attached hydrogens (tertiary/aromatic N) is 2. The topological polar surface area (TPSA) is 39.7 Å². The van der Waals surface area contributed by atoms with Crippen molar-refractivity contribution in [1.82, 2.24) is 15.5 Å². The average Bonchev–Trinajstić information content (AvgIpc) is 3.13. The summed E-state index contributed by atoms with van der Waals surface area (Å²) in [6, 6.07) is 0. The summed E-state index contributed by atoms with van der Waals surface area (Å²) in [4.78, 5) is 6.94. The lowest BCUT2D eigenvalue weighted by Crippen LogP contribution is -2.32. The second-order valence-electron chi connectivity index (χ2n) is 8.68. The van der Waals surface area contributed by atoms with Crippen LogP contribution in [0.25, 0.3) is 0 Å². The zero-order valence-electron chi connectivity index (χ0n) is 21.8. The van der Waals surface area contributed by atoms with Crippen LogP contribution in [0.4, 0.5) is 4.39 Å². The molecule has 0 radical (unpaired) electrons. The molecule has 0 amide bonds. The summed E-state index contributed by atoms with van der Waals surface area (Å²) in [6.45, 7) is 14.9. The van der Waals surface area contributed by atoms with E-state index in [9.17, 15) is 0 Å². The molecule has 2 N–H and O–H groups in total. The van der Waals surface area contributed by atoms with Gasteiger partial charge in [-0.3, -0.25) is 4.99 Å². The van der Waals surface area contributed by atoms with Gasteiger partial charge in [-0.2, -0.15) is 0 Å². The highest BCUT2D eigenvalue weighted by Crippen LogP contribution is 2.24. The fourth-order valence-electron chi connectivity index (χ4n) is 3.84. The number of aliphatic imine (C=N–C) groups is 1. The Morgan fingerprint density at radius 1 is 1.18 bits per heavy atom. The maximum absolute atomic E-state index is 15.0. The fraction of sp³-hybridized carbons (Fsp3) is 0.483. The average molecular weight is 467 g/mol. The lowest BCUT2D eigenvalue weighted by molar-refractivity contribution is 0.369. The summed E-state index contributed by atoms with van der Waals surface area (Å²) in [5.41, 5.74) is 5.75. The molecule has 0 aromatic heterocycles. The van der Waals surface area contributed by atoms with Gasteiger partial charge in [0.05, 0.1) is 17.1 Å². The van der Waals surface area contributed by atoms with E-state index in [4.69, 9.17) is 0 Å². The number of unbranched alkanes of at least 4 members (excludes halogenated alkanes) is 1. The minimum Gasteiger partial charge on any atom is -0.380 e. The molecule has 1 aliphatic carbocycles. The van der Waals surface area contributed by atoms with Crippen LogP contribution < -0.4 is 10.6 Å². The van der Waals surface area contributed by atoms with Crippen molar-refractivity contribution >= 4 is 5.71 Å². The molecule has 1 fully saturated rings. The molecule has 0 aromatic rings. The van der Waals surface area contributed by atoms with Crippen molar-refractivity contribution < 1.29 is 4.39 Å². The molecule has 0 spiro atoms.